The maximum Gasteiger partial charge on any atom is 0.0465 e. The van der Waals surface area contributed by atoms with Gasteiger partial charge in [-0.2, -0.15) is 0 Å². The highest BCUT2D eigenvalue weighted by atomic mass is 79.9. The van der Waals surface area contributed by atoms with Gasteiger partial charge in [0, 0.05) is 100 Å². The number of fused-ring (bicyclic) bond motifs is 4. The molecule has 2 aliphatic carbocycles. The topological polar surface area (TPSA) is 13.0 Å². The second-order valence-electron chi connectivity index (χ2n) is 28.8. The summed E-state index contributed by atoms with van der Waals surface area (Å²) in [4.78, 5) is 9.48. The van der Waals surface area contributed by atoms with Crippen molar-refractivity contribution in [1.29, 1.82) is 0 Å². The van der Waals surface area contributed by atoms with Gasteiger partial charge in [0.2, 0.25) is 0 Å². The van der Waals surface area contributed by atoms with E-state index >= 15 is 0 Å². The SMILES string of the molecule is Brc1ccc(N(c2ccc(Br)cc2)c2ccc3c(c2)CC3)cc1.CCC(C)c1ccc(N(c2ccc(Br)cc2)c2ccc(Br)cc2)cc1.CCCCCCCCC1(CCCCCCCC)c2cc(N(c3ccc(C)cc3)c3ccc(Br)cc3)ccc2-c2ccc(N(c3ccc(C)cc3)c3ccc(Br)cc3)cc21. The predicted octanol–water partition coefficient (Wildman–Crippen LogP) is 33.5. The van der Waals surface area contributed by atoms with Crippen molar-refractivity contribution in [2.75, 3.05) is 19.6 Å². The van der Waals surface area contributed by atoms with Crippen molar-refractivity contribution in [3.63, 3.8) is 0 Å². The lowest BCUT2D eigenvalue weighted by Crippen LogP contribution is -2.26. The van der Waals surface area contributed by atoms with Crippen molar-refractivity contribution in [1.82, 2.24) is 0 Å². The van der Waals surface area contributed by atoms with Crippen molar-refractivity contribution in [3.05, 3.63) is 339 Å². The maximum absolute atomic E-state index is 3.70. The third kappa shape index (κ3) is 20.0. The number of nitrogens with zero attached hydrogens (tertiary/aromatic N) is 4. The quantitative estimate of drug-likeness (QED) is 0.0453. The molecule has 0 radical (unpaired) electrons. The highest BCUT2D eigenvalue weighted by Gasteiger charge is 2.43. The highest BCUT2D eigenvalue weighted by molar-refractivity contribution is 9.11. The van der Waals surface area contributed by atoms with E-state index < -0.39 is 0 Å². The van der Waals surface area contributed by atoms with Crippen LogP contribution in [0.3, 0.4) is 0 Å². The molecule has 1 unspecified atom stereocenters. The molecule has 1 atom stereocenters. The molecule has 548 valence electrons. The van der Waals surface area contributed by atoms with Gasteiger partial charge in [0.15, 0.2) is 0 Å². The number of rotatable bonds is 28. The molecule has 0 bridgehead atoms. The molecule has 0 aromatic heterocycles. The van der Waals surface area contributed by atoms with Crippen LogP contribution < -0.4 is 19.6 Å². The van der Waals surface area contributed by atoms with Crippen molar-refractivity contribution in [2.45, 2.75) is 162 Å². The normalized spacial score (nSPS) is 12.4. The minimum atomic E-state index is -0.0937. The molecule has 4 nitrogen and oxygen atoms in total. The number of aryl methyl sites for hydroxylation is 4. The van der Waals surface area contributed by atoms with Crippen LogP contribution in [0.15, 0.2) is 300 Å². The number of anilines is 12. The summed E-state index contributed by atoms with van der Waals surface area (Å²) >= 11 is 21.5. The van der Waals surface area contributed by atoms with Crippen molar-refractivity contribution in [3.8, 4) is 11.1 Å². The van der Waals surface area contributed by atoms with Gasteiger partial charge >= 0.3 is 0 Å². The summed E-state index contributed by atoms with van der Waals surface area (Å²) in [7, 11) is 0. The molecular formula is C97H98Br6N4. The van der Waals surface area contributed by atoms with Gasteiger partial charge in [-0.1, -0.05) is 266 Å². The molecule has 14 rings (SSSR count). The van der Waals surface area contributed by atoms with Crippen LogP contribution in [0.1, 0.15) is 169 Å². The van der Waals surface area contributed by atoms with Crippen LogP contribution in [0.5, 0.6) is 0 Å². The van der Waals surface area contributed by atoms with E-state index in [4.69, 9.17) is 0 Å². The van der Waals surface area contributed by atoms with E-state index in [0.717, 1.165) is 85.9 Å². The lowest BCUT2D eigenvalue weighted by Gasteiger charge is -2.35. The van der Waals surface area contributed by atoms with E-state index in [-0.39, 0.29) is 5.41 Å². The van der Waals surface area contributed by atoms with Crippen molar-refractivity contribution in [2.24, 2.45) is 0 Å². The zero-order valence-corrected chi connectivity index (χ0v) is 72.2. The van der Waals surface area contributed by atoms with Crippen molar-refractivity contribution >= 4 is 164 Å². The number of unbranched alkanes of at least 4 members (excludes halogenated alkanes) is 10. The first-order valence-corrected chi connectivity index (χ1v) is 43.2. The maximum atomic E-state index is 3.70. The first-order chi connectivity index (χ1) is 52.1. The second kappa shape index (κ2) is 38.4. The molecule has 10 heteroatoms. The van der Waals surface area contributed by atoms with Gasteiger partial charge in [-0.05, 0) is 309 Å². The Morgan fingerprint density at radius 1 is 0.280 bits per heavy atom. The average Bonchev–Trinajstić information content (AvgIpc) is 1.56. The predicted molar refractivity (Wildman–Crippen MR) is 482 cm³/mol. The van der Waals surface area contributed by atoms with E-state index in [1.54, 1.807) is 0 Å². The van der Waals surface area contributed by atoms with Gasteiger partial charge in [0.1, 0.15) is 0 Å². The van der Waals surface area contributed by atoms with Crippen LogP contribution in [0.4, 0.5) is 68.2 Å². The molecular weight excluding hydrogens is 1700 g/mol. The summed E-state index contributed by atoms with van der Waals surface area (Å²) in [6, 6.07) is 99.9. The Hall–Kier alpha value is -7.28. The minimum Gasteiger partial charge on any atom is -0.311 e. The molecule has 0 saturated carbocycles. The lowest BCUT2D eigenvalue weighted by molar-refractivity contribution is 0.398. The third-order valence-corrected chi connectivity index (χ3v) is 24.5. The Morgan fingerprint density at radius 3 is 0.822 bits per heavy atom. The van der Waals surface area contributed by atoms with Crippen LogP contribution in [0.25, 0.3) is 11.1 Å². The van der Waals surface area contributed by atoms with Crippen molar-refractivity contribution < 1.29 is 0 Å². The Morgan fingerprint density at radius 2 is 0.533 bits per heavy atom. The van der Waals surface area contributed by atoms with E-state index in [9.17, 15) is 0 Å². The average molecular weight is 1800 g/mol. The van der Waals surface area contributed by atoms with E-state index in [2.05, 4.69) is 430 Å². The number of hydrogen-bond acceptors (Lipinski definition) is 4. The van der Waals surface area contributed by atoms with E-state index in [1.165, 1.54) is 168 Å². The molecule has 0 heterocycles. The van der Waals surface area contributed by atoms with Gasteiger partial charge < -0.3 is 19.6 Å². The summed E-state index contributed by atoms with van der Waals surface area (Å²) in [6.07, 6.45) is 21.4. The Kier molecular flexibility index (Phi) is 28.4. The second-order valence-corrected chi connectivity index (χ2v) is 34.3. The number of halogens is 6. The fraction of sp³-hybridized carbons (Fsp3) is 0.258. The molecule has 0 saturated heterocycles. The zero-order valence-electron chi connectivity index (χ0n) is 62.6. The minimum absolute atomic E-state index is 0.0937. The first kappa shape index (κ1) is 79.3. The van der Waals surface area contributed by atoms with Gasteiger partial charge in [0.25, 0.3) is 0 Å². The lowest BCUT2D eigenvalue weighted by atomic mass is 9.70. The summed E-state index contributed by atoms with van der Waals surface area (Å²) in [5, 5.41) is 0. The monoisotopic (exact) mass is 1790 g/mol. The third-order valence-electron chi connectivity index (χ3n) is 21.3. The zero-order chi connectivity index (χ0) is 74.8. The van der Waals surface area contributed by atoms with E-state index in [0.29, 0.717) is 5.92 Å². The van der Waals surface area contributed by atoms with Gasteiger partial charge in [-0.25, -0.2) is 0 Å². The fourth-order valence-electron chi connectivity index (χ4n) is 15.1. The Balaban J connectivity index is 0.000000181. The molecule has 0 spiro atoms. The van der Waals surface area contributed by atoms with Gasteiger partial charge in [0.05, 0.1) is 0 Å². The molecule has 0 aliphatic heterocycles. The molecule has 0 amide bonds. The summed E-state index contributed by atoms with van der Waals surface area (Å²) in [5.74, 6) is 0.586. The smallest absolute Gasteiger partial charge is 0.0465 e. The molecule has 0 fully saturated rings. The fourth-order valence-corrected chi connectivity index (χ4v) is 16.6. The van der Waals surface area contributed by atoms with Crippen LogP contribution in [0.2, 0.25) is 0 Å². The summed E-state index contributed by atoms with van der Waals surface area (Å²) < 4.78 is 6.52. The van der Waals surface area contributed by atoms with Crippen LogP contribution in [-0.4, -0.2) is 0 Å². The number of hydrogen-bond donors (Lipinski definition) is 0. The molecule has 12 aromatic carbocycles. The summed E-state index contributed by atoms with van der Waals surface area (Å²) in [5.41, 5.74) is 26.7. The molecule has 12 aromatic rings. The van der Waals surface area contributed by atoms with Crippen LogP contribution in [0, 0.1) is 13.8 Å². The summed E-state index contributed by atoms with van der Waals surface area (Å²) in [6.45, 7) is 13.5. The molecule has 107 heavy (non-hydrogen) atoms. The largest absolute Gasteiger partial charge is 0.311 e. The van der Waals surface area contributed by atoms with Crippen LogP contribution >= 0.6 is 95.6 Å². The Bertz CT molecular complexity index is 4450. The van der Waals surface area contributed by atoms with Gasteiger partial charge in [-0.3, -0.25) is 0 Å². The molecule has 2 aliphatic rings. The van der Waals surface area contributed by atoms with Gasteiger partial charge in [-0.15, -0.1) is 0 Å². The van der Waals surface area contributed by atoms with E-state index in [1.807, 2.05) is 0 Å². The number of benzene rings is 12. The standard InChI is InChI=1S/C55H62Br2N2.C22H21Br2N.C20H15Br2N/c1-5-7-9-11-13-15-37-55(38-16-14-12-10-8-6-2)53-39-49(58(45-25-17-41(3)18-26-45)47-29-21-43(56)22-30-47)33-35-51(53)52-36-34-50(40-54(52)55)59(46-27-19-42(4)20-28-46)48-31-23-44(57)24-32-48;1-3-16(2)17-4-10-20(11-5-17)25(21-12-6-18(23)7-13-21)22-14-8-19(24)9-15-22;21-16-4-9-18(10-5-16)23(19-11-6-17(22)7-12-19)20-8-3-14-1-2-15(14)13-20/h17-36,39-40H,5-16,37-38H2,1-4H3;4-16H,3H2,1-2H3;3-13H,1-2H2. The highest BCUT2D eigenvalue weighted by Crippen LogP contribution is 2.57. The Labute approximate surface area is 688 Å². The molecule has 0 N–H and O–H groups in total. The van der Waals surface area contributed by atoms with Crippen LogP contribution in [-0.2, 0) is 18.3 Å². The first-order valence-electron chi connectivity index (χ1n) is 38.5.